The van der Waals surface area contributed by atoms with Crippen molar-refractivity contribution >= 4 is 21.8 Å². The van der Waals surface area contributed by atoms with Crippen molar-refractivity contribution in [1.82, 2.24) is 19.1 Å². The van der Waals surface area contributed by atoms with Gasteiger partial charge < -0.3 is 9.47 Å². The minimum atomic E-state index is -3.58. The first kappa shape index (κ1) is 23.0. The Balaban J connectivity index is 1.85. The molecule has 8 nitrogen and oxygen atoms in total. The molecule has 164 valence electrons. The van der Waals surface area contributed by atoms with Crippen molar-refractivity contribution < 1.29 is 17.9 Å². The van der Waals surface area contributed by atoms with E-state index in [-0.39, 0.29) is 11.0 Å². The van der Waals surface area contributed by atoms with Crippen molar-refractivity contribution in [1.29, 1.82) is 0 Å². The molecule has 0 unspecified atom stereocenters. The van der Waals surface area contributed by atoms with Gasteiger partial charge in [0.05, 0.1) is 30.8 Å². The van der Waals surface area contributed by atoms with Crippen LogP contribution in [-0.4, -0.2) is 72.3 Å². The number of hydrogen-bond donors (Lipinski definition) is 0. The number of aromatic nitrogens is 3. The van der Waals surface area contributed by atoms with Gasteiger partial charge in [0.2, 0.25) is 10.0 Å². The zero-order valence-electron chi connectivity index (χ0n) is 17.4. The fraction of sp³-hybridized carbons (Fsp3) is 0.500. The fourth-order valence-electron chi connectivity index (χ4n) is 3.05. The Morgan fingerprint density at radius 2 is 2.07 bits per heavy atom. The molecule has 1 aromatic carbocycles. The van der Waals surface area contributed by atoms with Gasteiger partial charge in [0, 0.05) is 31.0 Å². The lowest BCUT2D eigenvalue weighted by Gasteiger charge is -2.26. The highest BCUT2D eigenvalue weighted by Gasteiger charge is 2.27. The summed E-state index contributed by atoms with van der Waals surface area (Å²) in [5.41, 5.74) is 0.698. The van der Waals surface area contributed by atoms with Gasteiger partial charge >= 0.3 is 0 Å². The molecule has 1 aliphatic rings. The van der Waals surface area contributed by atoms with Crippen LogP contribution in [0.4, 0.5) is 0 Å². The molecule has 0 radical (unpaired) electrons. The Hall–Kier alpha value is -1.72. The lowest BCUT2D eigenvalue weighted by Crippen LogP contribution is -2.40. The number of nitrogens with zero attached hydrogens (tertiary/aromatic N) is 4. The van der Waals surface area contributed by atoms with Gasteiger partial charge in [-0.3, -0.25) is 4.57 Å². The molecule has 0 aliphatic carbocycles. The maximum atomic E-state index is 13.0. The van der Waals surface area contributed by atoms with E-state index in [0.717, 1.165) is 10.9 Å². The van der Waals surface area contributed by atoms with Crippen LogP contribution in [0.25, 0.3) is 11.4 Å². The average Bonchev–Trinajstić information content (AvgIpc) is 3.14. The maximum Gasteiger partial charge on any atom is 0.243 e. The maximum absolute atomic E-state index is 13.0. The quantitative estimate of drug-likeness (QED) is 0.311. The molecule has 1 aliphatic heterocycles. The number of thioether (sulfide) groups is 1. The van der Waals surface area contributed by atoms with E-state index in [9.17, 15) is 8.42 Å². The molecule has 1 fully saturated rings. The third-order valence-electron chi connectivity index (χ3n) is 4.49. The van der Waals surface area contributed by atoms with E-state index >= 15 is 0 Å². The van der Waals surface area contributed by atoms with Gasteiger partial charge in [0.1, 0.15) is 0 Å². The van der Waals surface area contributed by atoms with Crippen LogP contribution in [0.5, 0.6) is 0 Å². The van der Waals surface area contributed by atoms with Gasteiger partial charge in [-0.1, -0.05) is 30.0 Å². The van der Waals surface area contributed by atoms with Crippen LogP contribution in [0.1, 0.15) is 13.8 Å². The molecular weight excluding hydrogens is 424 g/mol. The summed E-state index contributed by atoms with van der Waals surface area (Å²) in [6.45, 7) is 10.5. The Labute approximate surface area is 182 Å². The second-order valence-corrected chi connectivity index (χ2v) is 10.0. The number of morpholine rings is 1. The van der Waals surface area contributed by atoms with Crippen molar-refractivity contribution in [2.75, 3.05) is 38.7 Å². The summed E-state index contributed by atoms with van der Waals surface area (Å²) in [5, 5.41) is 9.38. The molecule has 2 aromatic rings. The number of sulfonamides is 1. The second-order valence-electron chi connectivity index (χ2n) is 7.02. The molecule has 0 N–H and O–H groups in total. The van der Waals surface area contributed by atoms with Crippen molar-refractivity contribution in [2.45, 2.75) is 36.5 Å². The molecule has 0 atom stereocenters. The van der Waals surface area contributed by atoms with Crippen LogP contribution in [0.2, 0.25) is 0 Å². The highest BCUT2D eigenvalue weighted by molar-refractivity contribution is 7.99. The minimum Gasteiger partial charge on any atom is -0.379 e. The lowest BCUT2D eigenvalue weighted by molar-refractivity contribution is 0.0730. The SMILES string of the molecule is C=CCn1c(SCCOC(C)C)nnc1-c1cccc(S(=O)(=O)N2CCOCC2)c1. The Morgan fingerprint density at radius 1 is 1.30 bits per heavy atom. The van der Waals surface area contributed by atoms with Crippen LogP contribution in [0, 0.1) is 0 Å². The second kappa shape index (κ2) is 10.5. The van der Waals surface area contributed by atoms with Crippen molar-refractivity contribution in [3.8, 4) is 11.4 Å². The van der Waals surface area contributed by atoms with E-state index < -0.39 is 10.0 Å². The zero-order chi connectivity index (χ0) is 21.6. The Bertz CT molecular complexity index is 953. The monoisotopic (exact) mass is 452 g/mol. The van der Waals surface area contributed by atoms with Crippen LogP contribution in [0.15, 0.2) is 47.0 Å². The standard InChI is InChI=1S/C20H28N4O4S2/c1-4-8-24-19(21-22-20(24)29-14-13-28-16(2)3)17-6-5-7-18(15-17)30(25,26)23-9-11-27-12-10-23/h4-7,15-16H,1,8-14H2,2-3H3. The molecule has 1 aromatic heterocycles. The van der Waals surface area contributed by atoms with E-state index in [4.69, 9.17) is 9.47 Å². The Morgan fingerprint density at radius 3 is 2.77 bits per heavy atom. The summed E-state index contributed by atoms with van der Waals surface area (Å²) in [6, 6.07) is 6.85. The summed E-state index contributed by atoms with van der Waals surface area (Å²) in [5.74, 6) is 1.36. The third-order valence-corrected chi connectivity index (χ3v) is 7.32. The van der Waals surface area contributed by atoms with Crippen LogP contribution < -0.4 is 0 Å². The van der Waals surface area contributed by atoms with E-state index in [1.807, 2.05) is 24.5 Å². The van der Waals surface area contributed by atoms with E-state index in [1.165, 1.54) is 4.31 Å². The molecule has 0 saturated carbocycles. The highest BCUT2D eigenvalue weighted by Crippen LogP contribution is 2.27. The molecule has 0 spiro atoms. The summed E-state index contributed by atoms with van der Waals surface area (Å²) in [6.07, 6.45) is 1.96. The van der Waals surface area contributed by atoms with Gasteiger partial charge in [-0.2, -0.15) is 4.31 Å². The van der Waals surface area contributed by atoms with Crippen LogP contribution in [0.3, 0.4) is 0 Å². The smallest absolute Gasteiger partial charge is 0.243 e. The van der Waals surface area contributed by atoms with Crippen LogP contribution in [-0.2, 0) is 26.0 Å². The summed E-state index contributed by atoms with van der Waals surface area (Å²) in [4.78, 5) is 0.245. The van der Waals surface area contributed by atoms with Gasteiger partial charge in [-0.25, -0.2) is 8.42 Å². The van der Waals surface area contributed by atoms with Crippen LogP contribution >= 0.6 is 11.8 Å². The van der Waals surface area contributed by atoms with Gasteiger partial charge in [-0.05, 0) is 26.0 Å². The predicted molar refractivity (Wildman–Crippen MR) is 117 cm³/mol. The molecule has 30 heavy (non-hydrogen) atoms. The van der Waals surface area contributed by atoms with Gasteiger partial charge in [0.25, 0.3) is 0 Å². The number of ether oxygens (including phenoxy) is 2. The molecule has 2 heterocycles. The molecule has 0 bridgehead atoms. The molecule has 1 saturated heterocycles. The number of hydrogen-bond acceptors (Lipinski definition) is 7. The van der Waals surface area contributed by atoms with E-state index in [1.54, 1.807) is 36.0 Å². The topological polar surface area (TPSA) is 86.5 Å². The van der Waals surface area contributed by atoms with Crippen molar-refractivity contribution in [3.63, 3.8) is 0 Å². The van der Waals surface area contributed by atoms with E-state index in [0.29, 0.717) is 50.8 Å². The molecule has 0 amide bonds. The lowest BCUT2D eigenvalue weighted by atomic mass is 10.2. The summed E-state index contributed by atoms with van der Waals surface area (Å²) in [7, 11) is -3.58. The van der Waals surface area contributed by atoms with Crippen molar-refractivity contribution in [2.24, 2.45) is 0 Å². The minimum absolute atomic E-state index is 0.184. The molecule has 10 heteroatoms. The van der Waals surface area contributed by atoms with E-state index in [2.05, 4.69) is 16.8 Å². The fourth-order valence-corrected chi connectivity index (χ4v) is 5.28. The average molecular weight is 453 g/mol. The third kappa shape index (κ3) is 5.50. The molecule has 3 rings (SSSR count). The summed E-state index contributed by atoms with van der Waals surface area (Å²) < 4.78 is 40.3. The molecular formula is C20H28N4O4S2. The number of allylic oxidation sites excluding steroid dienone is 1. The first-order valence-electron chi connectivity index (χ1n) is 9.90. The largest absolute Gasteiger partial charge is 0.379 e. The first-order valence-corrected chi connectivity index (χ1v) is 12.3. The highest BCUT2D eigenvalue weighted by atomic mass is 32.2. The Kier molecular flexibility index (Phi) is 8.06. The van der Waals surface area contributed by atoms with Gasteiger partial charge in [0.15, 0.2) is 11.0 Å². The first-order chi connectivity index (χ1) is 14.4. The summed E-state index contributed by atoms with van der Waals surface area (Å²) >= 11 is 1.55. The van der Waals surface area contributed by atoms with Gasteiger partial charge in [-0.15, -0.1) is 16.8 Å². The predicted octanol–water partition coefficient (Wildman–Crippen LogP) is 2.67. The van der Waals surface area contributed by atoms with Crippen molar-refractivity contribution in [3.05, 3.63) is 36.9 Å². The zero-order valence-corrected chi connectivity index (χ0v) is 19.0. The number of rotatable bonds is 10. The number of benzene rings is 1. The normalized spacial score (nSPS) is 15.6.